The van der Waals surface area contributed by atoms with Crippen LogP contribution < -0.4 is 0 Å². The molecule has 0 aliphatic rings. The first-order valence-corrected chi connectivity index (χ1v) is 4.27. The molecular formula is C7H9N3S. The highest BCUT2D eigenvalue weighted by atomic mass is 32.1. The van der Waals surface area contributed by atoms with Gasteiger partial charge < -0.3 is 0 Å². The lowest BCUT2D eigenvalue weighted by molar-refractivity contribution is 1.20. The molecule has 0 aromatic carbocycles. The Bertz CT molecular complexity index is 288. The molecule has 2 aromatic rings. The van der Waals surface area contributed by atoms with Crippen molar-refractivity contribution in [3.8, 4) is 0 Å². The van der Waals surface area contributed by atoms with Crippen LogP contribution in [0.15, 0.2) is 18.3 Å². The summed E-state index contributed by atoms with van der Waals surface area (Å²) in [5.74, 6) is 0. The van der Waals surface area contributed by atoms with Crippen molar-refractivity contribution in [3.63, 3.8) is 0 Å². The van der Waals surface area contributed by atoms with Crippen LogP contribution in [-0.4, -0.2) is 14.6 Å². The monoisotopic (exact) mass is 167 g/mol. The van der Waals surface area contributed by atoms with Gasteiger partial charge in [0.1, 0.15) is 5.52 Å². The largest absolute Gasteiger partial charge is 0.242 e. The molecule has 0 unspecified atom stereocenters. The average Bonchev–Trinajstić information content (AvgIpc) is 2.55. The predicted molar refractivity (Wildman–Crippen MR) is 46.6 cm³/mol. The third-order valence-electron chi connectivity index (χ3n) is 1.03. The maximum Gasteiger partial charge on any atom is 0.163 e. The Labute approximate surface area is 69.3 Å². The molecule has 0 atom stereocenters. The van der Waals surface area contributed by atoms with Crippen LogP contribution in [0.4, 0.5) is 0 Å². The Kier molecular flexibility index (Phi) is 2.92. The number of aromatic nitrogens is 3. The normalized spacial score (nSPS) is 8.91. The Morgan fingerprint density at radius 2 is 2.18 bits per heavy atom. The molecule has 0 saturated carbocycles. The van der Waals surface area contributed by atoms with Crippen LogP contribution >= 0.6 is 11.5 Å². The van der Waals surface area contributed by atoms with Crippen molar-refractivity contribution < 1.29 is 0 Å². The van der Waals surface area contributed by atoms with E-state index in [-0.39, 0.29) is 0 Å². The van der Waals surface area contributed by atoms with E-state index in [1.54, 1.807) is 6.20 Å². The molecule has 3 nitrogen and oxygen atoms in total. The summed E-state index contributed by atoms with van der Waals surface area (Å²) in [6, 6.07) is 3.75. The summed E-state index contributed by atoms with van der Waals surface area (Å²) < 4.78 is 3.73. The van der Waals surface area contributed by atoms with E-state index >= 15 is 0 Å². The second kappa shape index (κ2) is 3.98. The van der Waals surface area contributed by atoms with Gasteiger partial charge in [-0.1, -0.05) is 18.3 Å². The van der Waals surface area contributed by atoms with Crippen LogP contribution in [0.25, 0.3) is 10.3 Å². The minimum Gasteiger partial charge on any atom is -0.242 e. The van der Waals surface area contributed by atoms with Crippen LogP contribution in [0.3, 0.4) is 0 Å². The van der Waals surface area contributed by atoms with Crippen molar-refractivity contribution in [3.05, 3.63) is 18.3 Å². The Balaban J connectivity index is 0.000000281. The average molecular weight is 167 g/mol. The highest BCUT2D eigenvalue weighted by Crippen LogP contribution is 2.08. The number of pyridine rings is 1. The van der Waals surface area contributed by atoms with Crippen LogP contribution in [-0.2, 0) is 0 Å². The molecule has 0 spiro atoms. The van der Waals surface area contributed by atoms with E-state index < -0.39 is 0 Å². The molecule has 2 rings (SSSR count). The van der Waals surface area contributed by atoms with Crippen molar-refractivity contribution in [2.24, 2.45) is 0 Å². The molecule has 4 heteroatoms. The lowest BCUT2D eigenvalue weighted by Gasteiger charge is -1.78. The van der Waals surface area contributed by atoms with E-state index in [1.165, 1.54) is 11.5 Å². The van der Waals surface area contributed by atoms with Crippen molar-refractivity contribution in [1.82, 2.24) is 14.6 Å². The van der Waals surface area contributed by atoms with E-state index in [9.17, 15) is 0 Å². The summed E-state index contributed by atoms with van der Waals surface area (Å²) in [4.78, 5) is 4.94. The van der Waals surface area contributed by atoms with E-state index in [0.29, 0.717) is 0 Å². The summed E-state index contributed by atoms with van der Waals surface area (Å²) in [6.07, 6.45) is 1.74. The van der Waals surface area contributed by atoms with Crippen LogP contribution in [0.2, 0.25) is 0 Å². The number of fused-ring (bicyclic) bond motifs is 1. The molecule has 2 heterocycles. The maximum atomic E-state index is 4.03. The smallest absolute Gasteiger partial charge is 0.163 e. The minimum atomic E-state index is 0.877. The Hall–Kier alpha value is -1.03. The molecule has 0 fully saturated rings. The molecule has 0 N–H and O–H groups in total. The van der Waals surface area contributed by atoms with Gasteiger partial charge in [0.25, 0.3) is 0 Å². The highest BCUT2D eigenvalue weighted by Gasteiger charge is 1.93. The van der Waals surface area contributed by atoms with Gasteiger partial charge in [0.15, 0.2) is 4.83 Å². The summed E-state index contributed by atoms with van der Waals surface area (Å²) in [5, 5.41) is 3.82. The standard InChI is InChI=1S/C5H3N3S.C2H6/c1-2-4-5(6-3-1)9-8-7-4;1-2/h1-3H;1-2H3. The predicted octanol–water partition coefficient (Wildman–Crippen LogP) is 2.11. The third kappa shape index (κ3) is 1.71. The Morgan fingerprint density at radius 1 is 1.36 bits per heavy atom. The van der Waals surface area contributed by atoms with Crippen LogP contribution in [0, 0.1) is 0 Å². The van der Waals surface area contributed by atoms with E-state index in [2.05, 4.69) is 14.6 Å². The van der Waals surface area contributed by atoms with Gasteiger partial charge in [-0.2, -0.15) is 0 Å². The molecule has 0 radical (unpaired) electrons. The van der Waals surface area contributed by atoms with Gasteiger partial charge in [-0.3, -0.25) is 0 Å². The topological polar surface area (TPSA) is 38.7 Å². The number of hydrogen-bond donors (Lipinski definition) is 0. The third-order valence-corrected chi connectivity index (χ3v) is 1.68. The number of nitrogens with zero attached hydrogens (tertiary/aromatic N) is 3. The van der Waals surface area contributed by atoms with Crippen LogP contribution in [0.1, 0.15) is 13.8 Å². The molecule has 58 valence electrons. The van der Waals surface area contributed by atoms with Gasteiger partial charge in [0.2, 0.25) is 0 Å². The van der Waals surface area contributed by atoms with E-state index in [1.807, 2.05) is 26.0 Å². The highest BCUT2D eigenvalue weighted by molar-refractivity contribution is 7.12. The Morgan fingerprint density at radius 3 is 2.91 bits per heavy atom. The second-order valence-corrected chi connectivity index (χ2v) is 2.33. The van der Waals surface area contributed by atoms with E-state index in [0.717, 1.165) is 10.3 Å². The second-order valence-electron chi connectivity index (χ2n) is 1.60. The first-order valence-electron chi connectivity index (χ1n) is 3.50. The fourth-order valence-corrected chi connectivity index (χ4v) is 1.15. The zero-order valence-corrected chi connectivity index (χ0v) is 7.30. The lowest BCUT2D eigenvalue weighted by atomic mass is 10.5. The van der Waals surface area contributed by atoms with Crippen molar-refractivity contribution in [1.29, 1.82) is 0 Å². The molecule has 0 bridgehead atoms. The van der Waals surface area contributed by atoms with Gasteiger partial charge in [-0.15, -0.1) is 5.10 Å². The number of hydrogen-bond acceptors (Lipinski definition) is 4. The lowest BCUT2D eigenvalue weighted by Crippen LogP contribution is -1.68. The quantitative estimate of drug-likeness (QED) is 0.603. The molecule has 0 saturated heterocycles. The summed E-state index contributed by atoms with van der Waals surface area (Å²) in [7, 11) is 0. The minimum absolute atomic E-state index is 0.877. The molecule has 2 aromatic heterocycles. The van der Waals surface area contributed by atoms with Crippen molar-refractivity contribution in [2.75, 3.05) is 0 Å². The first-order chi connectivity index (χ1) is 5.47. The van der Waals surface area contributed by atoms with Gasteiger partial charge >= 0.3 is 0 Å². The maximum absolute atomic E-state index is 4.03. The summed E-state index contributed by atoms with van der Waals surface area (Å²) in [6.45, 7) is 4.00. The fraction of sp³-hybridized carbons (Fsp3) is 0.286. The molecule has 0 aliphatic carbocycles. The van der Waals surface area contributed by atoms with Crippen molar-refractivity contribution >= 4 is 21.9 Å². The number of rotatable bonds is 0. The van der Waals surface area contributed by atoms with Gasteiger partial charge in [-0.05, 0) is 12.1 Å². The van der Waals surface area contributed by atoms with Gasteiger partial charge in [-0.25, -0.2) is 4.98 Å². The molecule has 11 heavy (non-hydrogen) atoms. The zero-order valence-electron chi connectivity index (χ0n) is 6.48. The molecular weight excluding hydrogens is 158 g/mol. The fourth-order valence-electron chi connectivity index (χ4n) is 0.632. The molecule has 0 amide bonds. The summed E-state index contributed by atoms with van der Waals surface area (Å²) in [5.41, 5.74) is 0.877. The first kappa shape index (κ1) is 8.07. The van der Waals surface area contributed by atoms with Crippen molar-refractivity contribution in [2.45, 2.75) is 13.8 Å². The van der Waals surface area contributed by atoms with Gasteiger partial charge in [0, 0.05) is 17.7 Å². The summed E-state index contributed by atoms with van der Waals surface area (Å²) >= 11 is 1.32. The van der Waals surface area contributed by atoms with Crippen LogP contribution in [0.5, 0.6) is 0 Å². The zero-order chi connectivity index (χ0) is 8.10. The SMILES string of the molecule is CC.c1cnc2snnc2c1. The van der Waals surface area contributed by atoms with Gasteiger partial charge in [0.05, 0.1) is 0 Å². The molecule has 0 aliphatic heterocycles. The van der Waals surface area contributed by atoms with E-state index in [4.69, 9.17) is 0 Å².